The van der Waals surface area contributed by atoms with Crippen molar-refractivity contribution in [2.24, 2.45) is 0 Å². The largest absolute Gasteiger partial charge is 0.494 e. The number of ether oxygens (including phenoxy) is 2. The molecule has 0 saturated carbocycles. The van der Waals surface area contributed by atoms with Crippen LogP contribution in [0.1, 0.15) is 17.3 Å². The first-order valence-electron chi connectivity index (χ1n) is 7.68. The second-order valence-electron chi connectivity index (χ2n) is 5.00. The number of amides is 2. The van der Waals surface area contributed by atoms with Crippen molar-refractivity contribution in [3.8, 4) is 11.5 Å². The minimum Gasteiger partial charge on any atom is -0.494 e. The Kier molecular flexibility index (Phi) is 6.33. The first-order chi connectivity index (χ1) is 12.0. The summed E-state index contributed by atoms with van der Waals surface area (Å²) >= 11 is 0. The molecule has 25 heavy (non-hydrogen) atoms. The fraction of sp³-hybridized carbons (Fsp3) is 0.222. The highest BCUT2D eigenvalue weighted by Crippen LogP contribution is 2.24. The minimum atomic E-state index is -0.476. The Balaban J connectivity index is 1.97. The molecule has 0 aliphatic rings. The maximum absolute atomic E-state index is 13.2. The number of halogens is 1. The van der Waals surface area contributed by atoms with Gasteiger partial charge in [0.05, 0.1) is 31.5 Å². The predicted molar refractivity (Wildman–Crippen MR) is 91.5 cm³/mol. The zero-order valence-electron chi connectivity index (χ0n) is 14.0. The molecule has 0 saturated heterocycles. The van der Waals surface area contributed by atoms with Gasteiger partial charge in [0, 0.05) is 6.07 Å². The molecule has 2 rings (SSSR count). The Morgan fingerprint density at radius 3 is 2.60 bits per heavy atom. The van der Waals surface area contributed by atoms with Gasteiger partial charge in [-0.15, -0.1) is 0 Å². The van der Waals surface area contributed by atoms with Crippen molar-refractivity contribution in [3.05, 3.63) is 53.8 Å². The standard InChI is InChI=1S/C18H19FN2O4/c1-3-25-15-7-5-4-6-13(15)18(23)20-11-17(22)21-14-9-8-12(19)10-16(14)24-2/h4-10H,3,11H2,1-2H3,(H,20,23)(H,21,22). The van der Waals surface area contributed by atoms with E-state index in [1.54, 1.807) is 24.3 Å². The van der Waals surface area contributed by atoms with E-state index in [-0.39, 0.29) is 12.3 Å². The first-order valence-corrected chi connectivity index (χ1v) is 7.68. The van der Waals surface area contributed by atoms with Crippen molar-refractivity contribution >= 4 is 17.5 Å². The lowest BCUT2D eigenvalue weighted by molar-refractivity contribution is -0.115. The van der Waals surface area contributed by atoms with Crippen molar-refractivity contribution in [2.45, 2.75) is 6.92 Å². The summed E-state index contributed by atoms with van der Waals surface area (Å²) in [5.74, 6) is -0.724. The van der Waals surface area contributed by atoms with E-state index in [2.05, 4.69) is 10.6 Å². The summed E-state index contributed by atoms with van der Waals surface area (Å²) in [6.45, 7) is 1.99. The SMILES string of the molecule is CCOc1ccccc1C(=O)NCC(=O)Nc1ccc(F)cc1OC. The van der Waals surface area contributed by atoms with Crippen LogP contribution >= 0.6 is 0 Å². The number of hydrogen-bond donors (Lipinski definition) is 2. The average Bonchev–Trinajstić information content (AvgIpc) is 2.62. The van der Waals surface area contributed by atoms with Crippen molar-refractivity contribution in [3.63, 3.8) is 0 Å². The van der Waals surface area contributed by atoms with Gasteiger partial charge >= 0.3 is 0 Å². The Bertz CT molecular complexity index is 764. The van der Waals surface area contributed by atoms with Crippen LogP contribution in [0.4, 0.5) is 10.1 Å². The second kappa shape index (κ2) is 8.68. The number of anilines is 1. The summed E-state index contributed by atoms with van der Waals surface area (Å²) < 4.78 is 23.5. The highest BCUT2D eigenvalue weighted by molar-refractivity contribution is 6.01. The fourth-order valence-corrected chi connectivity index (χ4v) is 2.15. The van der Waals surface area contributed by atoms with E-state index >= 15 is 0 Å². The molecule has 2 aromatic rings. The highest BCUT2D eigenvalue weighted by Gasteiger charge is 2.14. The molecule has 132 valence electrons. The number of carbonyl (C=O) groups is 2. The van der Waals surface area contributed by atoms with Crippen molar-refractivity contribution in [1.29, 1.82) is 0 Å². The van der Waals surface area contributed by atoms with Gasteiger partial charge in [-0.1, -0.05) is 12.1 Å². The van der Waals surface area contributed by atoms with E-state index in [1.807, 2.05) is 6.92 Å². The van der Waals surface area contributed by atoms with Crippen LogP contribution in [-0.4, -0.2) is 32.1 Å². The van der Waals surface area contributed by atoms with Crippen LogP contribution in [0.2, 0.25) is 0 Å². The van der Waals surface area contributed by atoms with Gasteiger partial charge in [0.15, 0.2) is 0 Å². The Hall–Kier alpha value is -3.09. The van der Waals surface area contributed by atoms with Crippen LogP contribution in [-0.2, 0) is 4.79 Å². The molecule has 0 heterocycles. The lowest BCUT2D eigenvalue weighted by Crippen LogP contribution is -2.33. The summed E-state index contributed by atoms with van der Waals surface area (Å²) in [5, 5.41) is 5.08. The van der Waals surface area contributed by atoms with E-state index in [9.17, 15) is 14.0 Å². The van der Waals surface area contributed by atoms with Crippen molar-refractivity contribution in [2.75, 3.05) is 25.6 Å². The van der Waals surface area contributed by atoms with Crippen molar-refractivity contribution in [1.82, 2.24) is 5.32 Å². The van der Waals surface area contributed by atoms with Crippen LogP contribution in [0.5, 0.6) is 11.5 Å². The van der Waals surface area contributed by atoms with Gasteiger partial charge in [0.1, 0.15) is 17.3 Å². The van der Waals surface area contributed by atoms with Crippen LogP contribution < -0.4 is 20.1 Å². The summed E-state index contributed by atoms with van der Waals surface area (Å²) in [7, 11) is 1.37. The number of rotatable bonds is 7. The summed E-state index contributed by atoms with van der Waals surface area (Å²) in [4.78, 5) is 24.2. The molecule has 0 aliphatic heterocycles. The third-order valence-corrected chi connectivity index (χ3v) is 3.28. The molecule has 2 amide bonds. The van der Waals surface area contributed by atoms with Gasteiger partial charge < -0.3 is 20.1 Å². The maximum atomic E-state index is 13.2. The molecular weight excluding hydrogens is 327 g/mol. The van der Waals surface area contributed by atoms with E-state index in [1.165, 1.54) is 19.2 Å². The zero-order valence-corrected chi connectivity index (χ0v) is 14.0. The van der Waals surface area contributed by atoms with Gasteiger partial charge in [-0.05, 0) is 31.2 Å². The van der Waals surface area contributed by atoms with E-state index in [4.69, 9.17) is 9.47 Å². The van der Waals surface area contributed by atoms with E-state index < -0.39 is 17.6 Å². The number of para-hydroxylation sites is 1. The van der Waals surface area contributed by atoms with Gasteiger partial charge in [-0.3, -0.25) is 9.59 Å². The normalized spacial score (nSPS) is 10.0. The smallest absolute Gasteiger partial charge is 0.255 e. The first kappa shape index (κ1) is 18.3. The fourth-order valence-electron chi connectivity index (χ4n) is 2.15. The van der Waals surface area contributed by atoms with Crippen LogP contribution in [0.3, 0.4) is 0 Å². The molecule has 0 aliphatic carbocycles. The molecule has 2 aromatic carbocycles. The molecule has 2 N–H and O–H groups in total. The predicted octanol–water partition coefficient (Wildman–Crippen LogP) is 2.60. The van der Waals surface area contributed by atoms with Gasteiger partial charge in [-0.2, -0.15) is 0 Å². The molecule has 0 bridgehead atoms. The monoisotopic (exact) mass is 346 g/mol. The lowest BCUT2D eigenvalue weighted by atomic mass is 10.2. The van der Waals surface area contributed by atoms with Gasteiger partial charge in [0.2, 0.25) is 5.91 Å². The summed E-state index contributed by atoms with van der Waals surface area (Å²) in [6, 6.07) is 10.5. The number of benzene rings is 2. The van der Waals surface area contributed by atoms with Crippen LogP contribution in [0.15, 0.2) is 42.5 Å². The van der Waals surface area contributed by atoms with E-state index in [0.29, 0.717) is 23.6 Å². The molecular formula is C18H19FN2O4. The topological polar surface area (TPSA) is 76.7 Å². The number of hydrogen-bond acceptors (Lipinski definition) is 4. The third kappa shape index (κ3) is 4.94. The Morgan fingerprint density at radius 2 is 1.88 bits per heavy atom. The maximum Gasteiger partial charge on any atom is 0.255 e. The lowest BCUT2D eigenvalue weighted by Gasteiger charge is -2.12. The number of nitrogens with one attached hydrogen (secondary N) is 2. The molecule has 0 atom stereocenters. The van der Waals surface area contributed by atoms with Crippen LogP contribution in [0.25, 0.3) is 0 Å². The van der Waals surface area contributed by atoms with Gasteiger partial charge in [0.25, 0.3) is 5.91 Å². The Morgan fingerprint density at radius 1 is 1.12 bits per heavy atom. The highest BCUT2D eigenvalue weighted by atomic mass is 19.1. The number of methoxy groups -OCH3 is 1. The minimum absolute atomic E-state index is 0.196. The van der Waals surface area contributed by atoms with Crippen molar-refractivity contribution < 1.29 is 23.5 Å². The second-order valence-corrected chi connectivity index (χ2v) is 5.00. The number of carbonyl (C=O) groups excluding carboxylic acids is 2. The van der Waals surface area contributed by atoms with Gasteiger partial charge in [-0.25, -0.2) is 4.39 Å². The molecule has 0 aromatic heterocycles. The summed E-state index contributed by atoms with van der Waals surface area (Å²) in [6.07, 6.45) is 0. The Labute approximate surface area is 144 Å². The zero-order chi connectivity index (χ0) is 18.2. The molecule has 0 radical (unpaired) electrons. The molecule has 0 spiro atoms. The third-order valence-electron chi connectivity index (χ3n) is 3.28. The molecule has 0 fully saturated rings. The molecule has 0 unspecified atom stereocenters. The molecule has 7 heteroatoms. The van der Waals surface area contributed by atoms with Crippen LogP contribution in [0, 0.1) is 5.82 Å². The summed E-state index contributed by atoms with van der Waals surface area (Å²) in [5.41, 5.74) is 0.661. The quantitative estimate of drug-likeness (QED) is 0.808. The average molecular weight is 346 g/mol. The molecule has 6 nitrogen and oxygen atoms in total. The van der Waals surface area contributed by atoms with E-state index in [0.717, 1.165) is 6.07 Å².